The zero-order valence-corrected chi connectivity index (χ0v) is 21.0. The lowest BCUT2D eigenvalue weighted by Crippen LogP contribution is -2.36. The molecule has 0 unspecified atom stereocenters. The van der Waals surface area contributed by atoms with Gasteiger partial charge in [0, 0.05) is 33.8 Å². The summed E-state index contributed by atoms with van der Waals surface area (Å²) in [6.07, 6.45) is 1.13. The van der Waals surface area contributed by atoms with Crippen LogP contribution < -0.4 is 5.32 Å². The van der Waals surface area contributed by atoms with Crippen molar-refractivity contribution in [2.45, 2.75) is 38.2 Å². The summed E-state index contributed by atoms with van der Waals surface area (Å²) in [6.45, 7) is 2.07. The highest BCUT2D eigenvalue weighted by Gasteiger charge is 2.42. The minimum atomic E-state index is -0.491. The molecule has 35 heavy (non-hydrogen) atoms. The normalized spacial score (nSPS) is 19.8. The summed E-state index contributed by atoms with van der Waals surface area (Å²) < 4.78 is 6.61. The SMILES string of the molecule is CC1=C(C(=O)OCc2ccccc2)[C@H](c2ccccc2Br)C2=C(C[C@H](c3ccccc3)CC2=O)N1. The Morgan fingerprint density at radius 1 is 0.943 bits per heavy atom. The quantitative estimate of drug-likeness (QED) is 0.382. The van der Waals surface area contributed by atoms with Gasteiger partial charge in [-0.1, -0.05) is 94.8 Å². The minimum absolute atomic E-state index is 0.0641. The number of carbonyl (C=O) groups is 2. The summed E-state index contributed by atoms with van der Waals surface area (Å²) in [7, 11) is 0. The van der Waals surface area contributed by atoms with Crippen molar-refractivity contribution >= 4 is 27.7 Å². The van der Waals surface area contributed by atoms with Crippen LogP contribution in [0, 0.1) is 0 Å². The molecule has 1 heterocycles. The van der Waals surface area contributed by atoms with Crippen LogP contribution in [0.3, 0.4) is 0 Å². The number of benzene rings is 3. The average molecular weight is 528 g/mol. The fourth-order valence-corrected chi connectivity index (χ4v) is 5.61. The maximum atomic E-state index is 13.7. The maximum Gasteiger partial charge on any atom is 0.337 e. The van der Waals surface area contributed by atoms with Crippen LogP contribution >= 0.6 is 15.9 Å². The smallest absolute Gasteiger partial charge is 0.337 e. The number of nitrogens with one attached hydrogen (secondary N) is 1. The van der Waals surface area contributed by atoms with E-state index in [2.05, 4.69) is 33.4 Å². The Balaban J connectivity index is 1.53. The number of Topliss-reactive ketones (excluding diaryl/α,β-unsaturated/α-hetero) is 1. The molecule has 0 fully saturated rings. The molecule has 4 nitrogen and oxygen atoms in total. The molecule has 0 radical (unpaired) electrons. The highest BCUT2D eigenvalue weighted by atomic mass is 79.9. The topological polar surface area (TPSA) is 55.4 Å². The number of dihydropyridines is 1. The van der Waals surface area contributed by atoms with Gasteiger partial charge in [0.15, 0.2) is 5.78 Å². The van der Waals surface area contributed by atoms with Crippen molar-refractivity contribution in [1.29, 1.82) is 0 Å². The van der Waals surface area contributed by atoms with Gasteiger partial charge in [-0.3, -0.25) is 4.79 Å². The molecule has 0 spiro atoms. The van der Waals surface area contributed by atoms with E-state index in [0.717, 1.165) is 39.0 Å². The van der Waals surface area contributed by atoms with Crippen LogP contribution in [0.15, 0.2) is 112 Å². The Hall–Kier alpha value is -3.44. The van der Waals surface area contributed by atoms with E-state index in [0.29, 0.717) is 17.6 Å². The second-order valence-corrected chi connectivity index (χ2v) is 9.87. The van der Waals surface area contributed by atoms with Gasteiger partial charge in [-0.2, -0.15) is 0 Å². The molecule has 5 heteroatoms. The maximum absolute atomic E-state index is 13.7. The predicted octanol–water partition coefficient (Wildman–Crippen LogP) is 6.55. The number of carbonyl (C=O) groups excluding carboxylic acids is 2. The van der Waals surface area contributed by atoms with Gasteiger partial charge in [0.1, 0.15) is 6.61 Å². The molecule has 2 atom stereocenters. The number of allylic oxidation sites excluding steroid dienone is 3. The third-order valence-corrected chi connectivity index (χ3v) is 7.47. The zero-order valence-electron chi connectivity index (χ0n) is 19.5. The summed E-state index contributed by atoms with van der Waals surface area (Å²) in [6, 6.07) is 27.5. The van der Waals surface area contributed by atoms with E-state index in [1.54, 1.807) is 0 Å². The van der Waals surface area contributed by atoms with Crippen LogP contribution in [-0.4, -0.2) is 11.8 Å². The fourth-order valence-electron chi connectivity index (χ4n) is 5.09. The minimum Gasteiger partial charge on any atom is -0.457 e. The van der Waals surface area contributed by atoms with Gasteiger partial charge in [0.05, 0.1) is 5.57 Å². The van der Waals surface area contributed by atoms with Crippen molar-refractivity contribution in [2.75, 3.05) is 0 Å². The number of rotatable bonds is 5. The highest BCUT2D eigenvalue weighted by molar-refractivity contribution is 9.10. The second kappa shape index (κ2) is 10.0. The van der Waals surface area contributed by atoms with E-state index >= 15 is 0 Å². The van der Waals surface area contributed by atoms with Crippen LogP contribution in [0.25, 0.3) is 0 Å². The Morgan fingerprint density at radius 3 is 2.31 bits per heavy atom. The van der Waals surface area contributed by atoms with Gasteiger partial charge in [-0.25, -0.2) is 4.79 Å². The van der Waals surface area contributed by atoms with E-state index in [9.17, 15) is 9.59 Å². The molecule has 1 N–H and O–H groups in total. The molecular formula is C30H26BrNO3. The van der Waals surface area contributed by atoms with Crippen LogP contribution in [0.2, 0.25) is 0 Å². The van der Waals surface area contributed by atoms with E-state index in [-0.39, 0.29) is 18.3 Å². The fraction of sp³-hybridized carbons (Fsp3) is 0.200. The van der Waals surface area contributed by atoms with E-state index < -0.39 is 11.9 Å². The van der Waals surface area contributed by atoms with Crippen molar-refractivity contribution in [3.8, 4) is 0 Å². The summed E-state index contributed by atoms with van der Waals surface area (Å²) in [5.41, 5.74) is 5.73. The van der Waals surface area contributed by atoms with Crippen LogP contribution in [0.5, 0.6) is 0 Å². The van der Waals surface area contributed by atoms with Crippen molar-refractivity contribution in [1.82, 2.24) is 5.32 Å². The Bertz CT molecular complexity index is 1330. The van der Waals surface area contributed by atoms with E-state index in [1.165, 1.54) is 0 Å². The van der Waals surface area contributed by atoms with Gasteiger partial charge in [0.25, 0.3) is 0 Å². The Morgan fingerprint density at radius 2 is 1.60 bits per heavy atom. The van der Waals surface area contributed by atoms with Crippen LogP contribution in [0.1, 0.15) is 48.3 Å². The van der Waals surface area contributed by atoms with E-state index in [1.807, 2.05) is 79.7 Å². The second-order valence-electron chi connectivity index (χ2n) is 9.01. The summed E-state index contributed by atoms with van der Waals surface area (Å²) in [5.74, 6) is -0.734. The number of esters is 1. The molecule has 5 rings (SSSR count). The largest absolute Gasteiger partial charge is 0.457 e. The number of hydrogen-bond acceptors (Lipinski definition) is 4. The van der Waals surface area contributed by atoms with Crippen LogP contribution in [0.4, 0.5) is 0 Å². The summed E-state index contributed by atoms with van der Waals surface area (Å²) in [4.78, 5) is 27.1. The molecule has 0 saturated carbocycles. The van der Waals surface area contributed by atoms with Gasteiger partial charge >= 0.3 is 5.97 Å². The number of hydrogen-bond donors (Lipinski definition) is 1. The number of ether oxygens (including phenoxy) is 1. The third kappa shape index (κ3) is 4.73. The van der Waals surface area contributed by atoms with E-state index in [4.69, 9.17) is 4.74 Å². The molecule has 3 aromatic carbocycles. The molecule has 0 aromatic heterocycles. The number of ketones is 1. The molecule has 2 aliphatic rings. The molecule has 1 aliphatic carbocycles. The van der Waals surface area contributed by atoms with Gasteiger partial charge in [-0.15, -0.1) is 0 Å². The first-order valence-electron chi connectivity index (χ1n) is 11.8. The van der Waals surface area contributed by atoms with Crippen molar-refractivity contribution in [3.05, 3.63) is 129 Å². The van der Waals surface area contributed by atoms with Gasteiger partial charge < -0.3 is 10.1 Å². The molecule has 0 bridgehead atoms. The highest BCUT2D eigenvalue weighted by Crippen LogP contribution is 2.47. The monoisotopic (exact) mass is 527 g/mol. The zero-order chi connectivity index (χ0) is 24.4. The van der Waals surface area contributed by atoms with Crippen molar-refractivity contribution in [3.63, 3.8) is 0 Å². The average Bonchev–Trinajstić information content (AvgIpc) is 2.88. The predicted molar refractivity (Wildman–Crippen MR) is 139 cm³/mol. The molecular weight excluding hydrogens is 502 g/mol. The van der Waals surface area contributed by atoms with Crippen LogP contribution in [-0.2, 0) is 20.9 Å². The van der Waals surface area contributed by atoms with Crippen molar-refractivity contribution < 1.29 is 14.3 Å². The third-order valence-electron chi connectivity index (χ3n) is 6.75. The first-order valence-corrected chi connectivity index (χ1v) is 12.6. The molecule has 3 aromatic rings. The summed E-state index contributed by atoms with van der Waals surface area (Å²) >= 11 is 3.66. The standard InChI is InChI=1S/C30H26BrNO3/c1-19-27(30(34)35-18-20-10-4-2-5-11-20)28(23-14-8-9-15-24(23)31)29-25(32-19)16-22(17-26(29)33)21-12-6-3-7-13-21/h2-15,22,28,32H,16-18H2,1H3/t22-,28-/m0/s1. The first-order chi connectivity index (χ1) is 17.0. The van der Waals surface area contributed by atoms with Gasteiger partial charge in [-0.05, 0) is 42.0 Å². The lowest BCUT2D eigenvalue weighted by Gasteiger charge is -2.37. The molecule has 0 saturated heterocycles. The Labute approximate surface area is 213 Å². The first kappa shape index (κ1) is 23.3. The Kier molecular flexibility index (Phi) is 6.69. The van der Waals surface area contributed by atoms with Gasteiger partial charge in [0.2, 0.25) is 0 Å². The number of halogens is 1. The lowest BCUT2D eigenvalue weighted by atomic mass is 9.72. The lowest BCUT2D eigenvalue weighted by molar-refractivity contribution is -0.140. The molecule has 1 aliphatic heterocycles. The molecule has 176 valence electrons. The summed E-state index contributed by atoms with van der Waals surface area (Å²) in [5, 5.41) is 3.42. The molecule has 0 amide bonds. The van der Waals surface area contributed by atoms with Crippen molar-refractivity contribution in [2.24, 2.45) is 0 Å².